The first-order valence-corrected chi connectivity index (χ1v) is 8.26. The van der Waals surface area contributed by atoms with Crippen molar-refractivity contribution < 1.29 is 9.34 Å². The molecule has 0 atom stereocenters. The van der Waals surface area contributed by atoms with Crippen LogP contribution >= 0.6 is 23.4 Å². The number of non-ortho nitro benzene ring substituents is 1. The number of hydrogen-bond acceptors (Lipinski definition) is 6. The molecule has 0 unspecified atom stereocenters. The highest BCUT2D eigenvalue weighted by atomic mass is 35.5. The van der Waals surface area contributed by atoms with E-state index in [4.69, 9.17) is 16.0 Å². The minimum atomic E-state index is -0.456. The molecular formula is C15H9ClN4O3S. The van der Waals surface area contributed by atoms with Gasteiger partial charge in [0, 0.05) is 30.3 Å². The van der Waals surface area contributed by atoms with Gasteiger partial charge in [0.1, 0.15) is 11.2 Å². The van der Waals surface area contributed by atoms with Crippen LogP contribution in [-0.4, -0.2) is 19.3 Å². The van der Waals surface area contributed by atoms with Crippen molar-refractivity contribution in [3.8, 4) is 0 Å². The van der Waals surface area contributed by atoms with Gasteiger partial charge >= 0.3 is 0 Å². The summed E-state index contributed by atoms with van der Waals surface area (Å²) in [6.07, 6.45) is 3.68. The van der Waals surface area contributed by atoms with Gasteiger partial charge in [0.2, 0.25) is 0 Å². The standard InChI is InChI=1S/C15H9ClN4O3S/c16-9-1-4-14-17-10(7-19(14)6-9)8-24-15-18-12-5-11(20(21)22)2-3-13(12)23-15/h1-7H,8H2. The van der Waals surface area contributed by atoms with Crippen molar-refractivity contribution in [1.82, 2.24) is 14.4 Å². The molecule has 4 aromatic rings. The van der Waals surface area contributed by atoms with Crippen LogP contribution in [0.4, 0.5) is 5.69 Å². The van der Waals surface area contributed by atoms with Gasteiger partial charge in [-0.3, -0.25) is 10.1 Å². The maximum absolute atomic E-state index is 10.8. The molecule has 4 rings (SSSR count). The fourth-order valence-corrected chi connectivity index (χ4v) is 3.18. The molecule has 3 aromatic heterocycles. The number of benzene rings is 1. The molecule has 0 bridgehead atoms. The fourth-order valence-electron chi connectivity index (χ4n) is 2.29. The Balaban J connectivity index is 1.56. The van der Waals surface area contributed by atoms with Crippen LogP contribution in [0.2, 0.25) is 5.02 Å². The SMILES string of the molecule is O=[N+]([O-])c1ccc2oc(SCc3cn4cc(Cl)ccc4n3)nc2c1. The van der Waals surface area contributed by atoms with Crippen molar-refractivity contribution in [2.75, 3.05) is 0 Å². The average Bonchev–Trinajstić information content (AvgIpc) is 3.14. The van der Waals surface area contributed by atoms with Crippen molar-refractivity contribution in [3.63, 3.8) is 0 Å². The molecule has 0 amide bonds. The van der Waals surface area contributed by atoms with E-state index < -0.39 is 4.92 Å². The third-order valence-electron chi connectivity index (χ3n) is 3.37. The zero-order valence-corrected chi connectivity index (χ0v) is 13.6. The number of hydrogen-bond donors (Lipinski definition) is 0. The fraction of sp³-hybridized carbons (Fsp3) is 0.0667. The van der Waals surface area contributed by atoms with E-state index in [2.05, 4.69) is 9.97 Å². The van der Waals surface area contributed by atoms with E-state index in [0.29, 0.717) is 27.1 Å². The van der Waals surface area contributed by atoms with Gasteiger partial charge in [-0.25, -0.2) is 9.97 Å². The van der Waals surface area contributed by atoms with Gasteiger partial charge in [0.15, 0.2) is 5.58 Å². The second-order valence-corrected chi connectivity index (χ2v) is 6.39. The molecule has 0 spiro atoms. The van der Waals surface area contributed by atoms with Gasteiger partial charge in [-0.05, 0) is 18.2 Å². The Labute approximate surface area is 144 Å². The summed E-state index contributed by atoms with van der Waals surface area (Å²) in [6, 6.07) is 7.98. The van der Waals surface area contributed by atoms with Crippen LogP contribution in [0.3, 0.4) is 0 Å². The number of nitro benzene ring substituents is 1. The number of nitro groups is 1. The van der Waals surface area contributed by atoms with Gasteiger partial charge in [0.05, 0.1) is 15.6 Å². The van der Waals surface area contributed by atoms with Gasteiger partial charge in [-0.2, -0.15) is 0 Å². The summed E-state index contributed by atoms with van der Waals surface area (Å²) in [7, 11) is 0. The van der Waals surface area contributed by atoms with Gasteiger partial charge in [-0.1, -0.05) is 23.4 Å². The van der Waals surface area contributed by atoms with E-state index in [-0.39, 0.29) is 5.69 Å². The maximum atomic E-state index is 10.8. The quantitative estimate of drug-likeness (QED) is 0.306. The van der Waals surface area contributed by atoms with Crippen molar-refractivity contribution >= 4 is 45.8 Å². The van der Waals surface area contributed by atoms with Gasteiger partial charge in [-0.15, -0.1) is 0 Å². The molecule has 1 aromatic carbocycles. The van der Waals surface area contributed by atoms with E-state index >= 15 is 0 Å². The number of nitrogens with zero attached hydrogens (tertiary/aromatic N) is 4. The molecule has 7 nitrogen and oxygen atoms in total. The van der Waals surface area contributed by atoms with Crippen LogP contribution in [0.15, 0.2) is 52.4 Å². The lowest BCUT2D eigenvalue weighted by atomic mass is 10.3. The minimum absolute atomic E-state index is 0.00965. The van der Waals surface area contributed by atoms with Crippen molar-refractivity contribution in [2.45, 2.75) is 11.0 Å². The molecule has 0 radical (unpaired) electrons. The molecule has 9 heteroatoms. The van der Waals surface area contributed by atoms with E-state index in [1.54, 1.807) is 18.3 Å². The van der Waals surface area contributed by atoms with E-state index in [1.807, 2.05) is 16.7 Å². The molecule has 0 aliphatic heterocycles. The molecule has 0 fully saturated rings. The molecule has 3 heterocycles. The first kappa shape index (κ1) is 15.0. The monoisotopic (exact) mass is 360 g/mol. The van der Waals surface area contributed by atoms with Gasteiger partial charge < -0.3 is 8.82 Å². The average molecular weight is 361 g/mol. The highest BCUT2D eigenvalue weighted by Crippen LogP contribution is 2.28. The second kappa shape index (κ2) is 5.81. The molecule has 0 saturated carbocycles. The Hall–Kier alpha value is -2.58. The lowest BCUT2D eigenvalue weighted by Gasteiger charge is -1.91. The van der Waals surface area contributed by atoms with E-state index in [1.165, 1.54) is 23.9 Å². The first-order chi connectivity index (χ1) is 11.6. The predicted octanol–water partition coefficient (Wildman–Crippen LogP) is 4.33. The van der Waals surface area contributed by atoms with E-state index in [9.17, 15) is 10.1 Å². The lowest BCUT2D eigenvalue weighted by molar-refractivity contribution is -0.384. The smallest absolute Gasteiger partial charge is 0.271 e. The molecular weight excluding hydrogens is 352 g/mol. The van der Waals surface area contributed by atoms with Crippen LogP contribution in [0.1, 0.15) is 5.69 Å². The highest BCUT2D eigenvalue weighted by molar-refractivity contribution is 7.98. The number of imidazole rings is 1. The minimum Gasteiger partial charge on any atom is -0.431 e. The topological polar surface area (TPSA) is 86.5 Å². The summed E-state index contributed by atoms with van der Waals surface area (Å²) in [5.74, 6) is 0.564. The Morgan fingerprint density at radius 2 is 2.12 bits per heavy atom. The number of fused-ring (bicyclic) bond motifs is 2. The zero-order chi connectivity index (χ0) is 16.7. The Bertz CT molecular complexity index is 1080. The summed E-state index contributed by atoms with van der Waals surface area (Å²) in [6.45, 7) is 0. The molecule has 24 heavy (non-hydrogen) atoms. The summed E-state index contributed by atoms with van der Waals surface area (Å²) >= 11 is 7.33. The normalized spacial score (nSPS) is 11.4. The second-order valence-electron chi connectivity index (χ2n) is 5.02. The first-order valence-electron chi connectivity index (χ1n) is 6.89. The van der Waals surface area contributed by atoms with Crippen LogP contribution in [0.5, 0.6) is 0 Å². The van der Waals surface area contributed by atoms with Crippen molar-refractivity contribution in [1.29, 1.82) is 0 Å². The Morgan fingerprint density at radius 3 is 2.96 bits per heavy atom. The molecule has 120 valence electrons. The zero-order valence-electron chi connectivity index (χ0n) is 12.0. The number of rotatable bonds is 4. The van der Waals surface area contributed by atoms with E-state index in [0.717, 1.165) is 11.3 Å². The lowest BCUT2D eigenvalue weighted by Crippen LogP contribution is -1.86. The van der Waals surface area contributed by atoms with Crippen LogP contribution in [0, 0.1) is 10.1 Å². The molecule has 0 N–H and O–H groups in total. The third kappa shape index (κ3) is 2.81. The highest BCUT2D eigenvalue weighted by Gasteiger charge is 2.12. The van der Waals surface area contributed by atoms with Crippen LogP contribution in [-0.2, 0) is 5.75 Å². The predicted molar refractivity (Wildman–Crippen MR) is 90.4 cm³/mol. The largest absolute Gasteiger partial charge is 0.431 e. The van der Waals surface area contributed by atoms with Crippen LogP contribution in [0.25, 0.3) is 16.7 Å². The summed E-state index contributed by atoms with van der Waals surface area (Å²) in [5, 5.41) is 11.9. The van der Waals surface area contributed by atoms with Crippen molar-refractivity contribution in [3.05, 3.63) is 63.6 Å². The molecule has 0 saturated heterocycles. The van der Waals surface area contributed by atoms with Crippen LogP contribution < -0.4 is 0 Å². The number of aromatic nitrogens is 3. The third-order valence-corrected chi connectivity index (χ3v) is 4.46. The van der Waals surface area contributed by atoms with Crippen molar-refractivity contribution in [2.24, 2.45) is 0 Å². The molecule has 0 aliphatic rings. The summed E-state index contributed by atoms with van der Waals surface area (Å²) in [5.41, 5.74) is 2.64. The van der Waals surface area contributed by atoms with Gasteiger partial charge in [0.25, 0.3) is 10.9 Å². The number of oxazole rings is 1. The maximum Gasteiger partial charge on any atom is 0.271 e. The number of pyridine rings is 1. The summed E-state index contributed by atoms with van der Waals surface area (Å²) < 4.78 is 7.45. The number of halogens is 1. The summed E-state index contributed by atoms with van der Waals surface area (Å²) in [4.78, 5) is 19.1. The number of thioether (sulfide) groups is 1. The Kier molecular flexibility index (Phi) is 3.62. The molecule has 0 aliphatic carbocycles. The Morgan fingerprint density at radius 1 is 1.25 bits per heavy atom.